The van der Waals surface area contributed by atoms with Crippen LogP contribution >= 0.6 is 0 Å². The second-order valence-electron chi connectivity index (χ2n) is 4.70. The number of nitrogens with one attached hydrogen (secondary N) is 1. The summed E-state index contributed by atoms with van der Waals surface area (Å²) in [5, 5.41) is 2.99. The van der Waals surface area contributed by atoms with Gasteiger partial charge in [0.2, 0.25) is 0 Å². The molecule has 19 heavy (non-hydrogen) atoms. The molecule has 0 heterocycles. The summed E-state index contributed by atoms with van der Waals surface area (Å²) in [6.07, 6.45) is 1.48. The molecule has 1 aliphatic carbocycles. The van der Waals surface area contributed by atoms with E-state index in [0.717, 1.165) is 42.2 Å². The second kappa shape index (κ2) is 4.61. The van der Waals surface area contributed by atoms with E-state index in [1.807, 2.05) is 0 Å². The summed E-state index contributed by atoms with van der Waals surface area (Å²) in [7, 11) is 0. The van der Waals surface area contributed by atoms with E-state index in [4.69, 9.17) is 0 Å². The number of hydrogen-bond acceptors (Lipinski definition) is 1. The third-order valence-electron chi connectivity index (χ3n) is 3.44. The molecule has 1 atom stereocenters. The molecule has 0 spiro atoms. The van der Waals surface area contributed by atoms with Crippen LogP contribution in [-0.2, 0) is 6.42 Å². The summed E-state index contributed by atoms with van der Waals surface area (Å²) in [5.74, 6) is -1.24. The van der Waals surface area contributed by atoms with Gasteiger partial charge >= 0.3 is 0 Å². The third kappa shape index (κ3) is 2.30. The molecule has 1 aliphatic rings. The van der Waals surface area contributed by atoms with E-state index in [1.165, 1.54) is 12.1 Å². The first-order valence-corrected chi connectivity index (χ1v) is 6.13. The van der Waals surface area contributed by atoms with Gasteiger partial charge in [-0.3, -0.25) is 0 Å². The summed E-state index contributed by atoms with van der Waals surface area (Å²) in [5.41, 5.74) is 2.02. The molecule has 2 aromatic carbocycles. The molecule has 0 amide bonds. The summed E-state index contributed by atoms with van der Waals surface area (Å²) in [6, 6.07) is 7.80. The topological polar surface area (TPSA) is 12.0 Å². The van der Waals surface area contributed by atoms with E-state index in [-0.39, 0.29) is 17.5 Å². The minimum atomic E-state index is -0.489. The molecule has 3 rings (SSSR count). The highest BCUT2D eigenvalue weighted by Crippen LogP contribution is 2.34. The fraction of sp³-hybridized carbons (Fsp3) is 0.200. The minimum absolute atomic E-state index is 0.105. The zero-order valence-electron chi connectivity index (χ0n) is 10.1. The van der Waals surface area contributed by atoms with Crippen LogP contribution in [0.3, 0.4) is 0 Å². The van der Waals surface area contributed by atoms with Crippen LogP contribution in [0.1, 0.15) is 23.6 Å². The Balaban J connectivity index is 1.88. The Morgan fingerprint density at radius 1 is 0.947 bits per heavy atom. The first-order valence-electron chi connectivity index (χ1n) is 6.13. The van der Waals surface area contributed by atoms with Crippen molar-refractivity contribution >= 4 is 5.69 Å². The molecule has 0 aliphatic heterocycles. The lowest BCUT2D eigenvalue weighted by Crippen LogP contribution is -2.08. The first-order chi connectivity index (χ1) is 9.13. The van der Waals surface area contributed by atoms with Crippen molar-refractivity contribution in [1.29, 1.82) is 0 Å². The first kappa shape index (κ1) is 12.1. The number of halogens is 3. The Morgan fingerprint density at radius 3 is 2.53 bits per heavy atom. The summed E-state index contributed by atoms with van der Waals surface area (Å²) in [6.45, 7) is 0. The van der Waals surface area contributed by atoms with Gasteiger partial charge in [-0.15, -0.1) is 0 Å². The largest absolute Gasteiger partial charge is 0.376 e. The maximum absolute atomic E-state index is 13.6. The van der Waals surface area contributed by atoms with Crippen molar-refractivity contribution in [2.45, 2.75) is 18.9 Å². The number of benzene rings is 2. The van der Waals surface area contributed by atoms with Crippen LogP contribution < -0.4 is 5.32 Å². The maximum atomic E-state index is 13.6. The average molecular weight is 263 g/mol. The van der Waals surface area contributed by atoms with Gasteiger partial charge in [0.05, 0.1) is 11.7 Å². The van der Waals surface area contributed by atoms with Gasteiger partial charge in [0.25, 0.3) is 0 Å². The van der Waals surface area contributed by atoms with Crippen LogP contribution in [0, 0.1) is 17.5 Å². The lowest BCUT2D eigenvalue weighted by Gasteiger charge is -2.16. The van der Waals surface area contributed by atoms with Crippen LogP contribution in [0.5, 0.6) is 0 Å². The standard InChI is InChI=1S/C15H12F3N/c16-10-2-4-12-9(7-10)1-6-14(12)19-15-8-11(17)3-5-13(15)18/h2-5,7-8,14,19H,1,6H2. The third-order valence-corrected chi connectivity index (χ3v) is 3.44. The molecule has 0 saturated heterocycles. The zero-order valence-corrected chi connectivity index (χ0v) is 10.1. The van der Waals surface area contributed by atoms with Crippen molar-refractivity contribution in [2.75, 3.05) is 5.32 Å². The minimum Gasteiger partial charge on any atom is -0.376 e. The van der Waals surface area contributed by atoms with Gasteiger partial charge < -0.3 is 5.32 Å². The molecular weight excluding hydrogens is 251 g/mol. The van der Waals surface area contributed by atoms with Crippen LogP contribution in [0.4, 0.5) is 18.9 Å². The van der Waals surface area contributed by atoms with Crippen LogP contribution in [-0.4, -0.2) is 0 Å². The number of anilines is 1. The molecule has 0 fully saturated rings. The Bertz CT molecular complexity index is 625. The highest BCUT2D eigenvalue weighted by Gasteiger charge is 2.23. The Labute approximate surface area is 109 Å². The van der Waals surface area contributed by atoms with E-state index in [2.05, 4.69) is 5.32 Å². The smallest absolute Gasteiger partial charge is 0.146 e. The normalized spacial score (nSPS) is 17.3. The van der Waals surface area contributed by atoms with E-state index in [1.54, 1.807) is 6.07 Å². The molecule has 1 N–H and O–H groups in total. The summed E-state index contributed by atoms with van der Waals surface area (Å²) < 4.78 is 39.8. The summed E-state index contributed by atoms with van der Waals surface area (Å²) in [4.78, 5) is 0. The molecule has 98 valence electrons. The van der Waals surface area contributed by atoms with Crippen molar-refractivity contribution < 1.29 is 13.2 Å². The maximum Gasteiger partial charge on any atom is 0.146 e. The van der Waals surface area contributed by atoms with Crippen molar-refractivity contribution in [3.8, 4) is 0 Å². The van der Waals surface area contributed by atoms with Gasteiger partial charge in [-0.1, -0.05) is 6.07 Å². The molecule has 4 heteroatoms. The summed E-state index contributed by atoms with van der Waals surface area (Å²) >= 11 is 0. The number of fused-ring (bicyclic) bond motifs is 1. The second-order valence-corrected chi connectivity index (χ2v) is 4.70. The highest BCUT2D eigenvalue weighted by atomic mass is 19.1. The van der Waals surface area contributed by atoms with Crippen LogP contribution in [0.25, 0.3) is 0 Å². The molecule has 2 aromatic rings. The van der Waals surface area contributed by atoms with Gasteiger partial charge in [0.15, 0.2) is 0 Å². The van der Waals surface area contributed by atoms with Crippen molar-refractivity contribution in [2.24, 2.45) is 0 Å². The number of hydrogen-bond donors (Lipinski definition) is 1. The van der Waals surface area contributed by atoms with Crippen LogP contribution in [0.2, 0.25) is 0 Å². The SMILES string of the molecule is Fc1ccc2c(c1)CCC2Nc1cc(F)ccc1F. The van der Waals surface area contributed by atoms with Gasteiger partial charge in [0.1, 0.15) is 17.5 Å². The molecule has 1 unspecified atom stereocenters. The van der Waals surface area contributed by atoms with Crippen molar-refractivity contribution in [3.63, 3.8) is 0 Å². The Hall–Kier alpha value is -1.97. The lowest BCUT2D eigenvalue weighted by atomic mass is 10.1. The van der Waals surface area contributed by atoms with E-state index >= 15 is 0 Å². The molecule has 1 nitrogen and oxygen atoms in total. The predicted molar refractivity (Wildman–Crippen MR) is 67.4 cm³/mol. The molecule has 0 radical (unpaired) electrons. The zero-order chi connectivity index (χ0) is 13.4. The lowest BCUT2D eigenvalue weighted by molar-refractivity contribution is 0.599. The average Bonchev–Trinajstić information content (AvgIpc) is 2.76. The van der Waals surface area contributed by atoms with Gasteiger partial charge in [-0.25, -0.2) is 13.2 Å². The van der Waals surface area contributed by atoms with Crippen molar-refractivity contribution in [3.05, 3.63) is 65.0 Å². The van der Waals surface area contributed by atoms with E-state index < -0.39 is 11.6 Å². The Kier molecular flexibility index (Phi) is 2.93. The predicted octanol–water partition coefficient (Wildman–Crippen LogP) is 4.20. The number of aryl methyl sites for hydroxylation is 1. The fourth-order valence-corrected chi connectivity index (χ4v) is 2.53. The molecule has 0 saturated carbocycles. The van der Waals surface area contributed by atoms with Gasteiger partial charge in [-0.05, 0) is 54.3 Å². The van der Waals surface area contributed by atoms with E-state index in [9.17, 15) is 13.2 Å². The highest BCUT2D eigenvalue weighted by molar-refractivity contribution is 5.49. The molecule has 0 aromatic heterocycles. The monoisotopic (exact) mass is 263 g/mol. The Morgan fingerprint density at radius 2 is 1.68 bits per heavy atom. The van der Waals surface area contributed by atoms with Gasteiger partial charge in [-0.2, -0.15) is 0 Å². The van der Waals surface area contributed by atoms with Crippen molar-refractivity contribution in [1.82, 2.24) is 0 Å². The molecule has 0 bridgehead atoms. The quantitative estimate of drug-likeness (QED) is 0.856. The molecular formula is C15H12F3N. The fourth-order valence-electron chi connectivity index (χ4n) is 2.53. The van der Waals surface area contributed by atoms with Crippen LogP contribution in [0.15, 0.2) is 36.4 Å². The number of rotatable bonds is 2. The van der Waals surface area contributed by atoms with Gasteiger partial charge in [0, 0.05) is 0 Å². The van der Waals surface area contributed by atoms with E-state index in [0.29, 0.717) is 0 Å².